The summed E-state index contributed by atoms with van der Waals surface area (Å²) in [7, 11) is 0. The van der Waals surface area contributed by atoms with E-state index in [2.05, 4.69) is 0 Å². The summed E-state index contributed by atoms with van der Waals surface area (Å²) in [5, 5.41) is 29.2. The van der Waals surface area contributed by atoms with Gasteiger partial charge >= 0.3 is 5.97 Å². The van der Waals surface area contributed by atoms with Gasteiger partial charge in [-0.15, -0.1) is 0 Å². The van der Waals surface area contributed by atoms with Gasteiger partial charge in [-0.3, -0.25) is 4.79 Å². The molecule has 1 saturated heterocycles. The molecule has 6 nitrogen and oxygen atoms in total. The number of hydrogen-bond acceptors (Lipinski definition) is 6. The Kier molecular flexibility index (Phi) is 5.15. The van der Waals surface area contributed by atoms with E-state index in [1.165, 1.54) is 0 Å². The van der Waals surface area contributed by atoms with Crippen LogP contribution in [0.15, 0.2) is 0 Å². The molecule has 1 aliphatic carbocycles. The van der Waals surface area contributed by atoms with Crippen molar-refractivity contribution in [2.75, 3.05) is 6.61 Å². The van der Waals surface area contributed by atoms with Crippen LogP contribution in [0, 0.1) is 5.92 Å². The molecular weight excluding hydrogens is 252 g/mol. The standard InChI is InChI=1S/C13H22O6/c14-9-5-1-2-6-10(11(9)15)19-13(17)8-4-3-7-18-12(8)16/h8-12,14-16H,1-7H2. The fourth-order valence-electron chi connectivity index (χ4n) is 2.65. The van der Waals surface area contributed by atoms with Crippen LogP contribution in [0.5, 0.6) is 0 Å². The number of rotatable bonds is 2. The molecule has 0 radical (unpaired) electrons. The lowest BCUT2D eigenvalue weighted by atomic mass is 10.00. The number of aliphatic hydroxyl groups excluding tert-OH is 3. The molecule has 2 aliphatic rings. The van der Waals surface area contributed by atoms with E-state index in [4.69, 9.17) is 9.47 Å². The van der Waals surface area contributed by atoms with Gasteiger partial charge in [0.05, 0.1) is 6.10 Å². The summed E-state index contributed by atoms with van der Waals surface area (Å²) in [5.74, 6) is -1.24. The van der Waals surface area contributed by atoms with Gasteiger partial charge in [-0.2, -0.15) is 0 Å². The van der Waals surface area contributed by atoms with Gasteiger partial charge in [0, 0.05) is 6.61 Å². The summed E-state index contributed by atoms with van der Waals surface area (Å²) in [6, 6.07) is 0. The van der Waals surface area contributed by atoms with Gasteiger partial charge in [-0.1, -0.05) is 6.42 Å². The van der Waals surface area contributed by atoms with E-state index >= 15 is 0 Å². The molecule has 0 spiro atoms. The molecule has 1 heterocycles. The van der Waals surface area contributed by atoms with Crippen LogP contribution in [0.4, 0.5) is 0 Å². The van der Waals surface area contributed by atoms with Crippen LogP contribution in [-0.2, 0) is 14.3 Å². The second-order valence-corrected chi connectivity index (χ2v) is 5.33. The van der Waals surface area contributed by atoms with Crippen LogP contribution in [0.25, 0.3) is 0 Å². The van der Waals surface area contributed by atoms with E-state index in [0.717, 1.165) is 12.8 Å². The molecule has 1 saturated carbocycles. The van der Waals surface area contributed by atoms with Crippen molar-refractivity contribution in [3.05, 3.63) is 0 Å². The average Bonchev–Trinajstić information content (AvgIpc) is 2.55. The van der Waals surface area contributed by atoms with Gasteiger partial charge in [0.2, 0.25) is 0 Å². The van der Waals surface area contributed by atoms with Crippen LogP contribution in [0.3, 0.4) is 0 Å². The zero-order chi connectivity index (χ0) is 13.8. The highest BCUT2D eigenvalue weighted by atomic mass is 16.6. The molecule has 3 N–H and O–H groups in total. The Morgan fingerprint density at radius 2 is 1.79 bits per heavy atom. The lowest BCUT2D eigenvalue weighted by Crippen LogP contribution is -2.42. The van der Waals surface area contributed by atoms with Gasteiger partial charge in [0.1, 0.15) is 18.1 Å². The minimum atomic E-state index is -1.13. The van der Waals surface area contributed by atoms with Crippen molar-refractivity contribution >= 4 is 5.97 Å². The highest BCUT2D eigenvalue weighted by molar-refractivity contribution is 5.73. The second-order valence-electron chi connectivity index (χ2n) is 5.33. The normalized spacial score (nSPS) is 40.5. The maximum atomic E-state index is 12.0. The number of carbonyl (C=O) groups is 1. The van der Waals surface area contributed by atoms with Crippen molar-refractivity contribution in [3.8, 4) is 0 Å². The Hall–Kier alpha value is -0.690. The van der Waals surface area contributed by atoms with Crippen molar-refractivity contribution in [1.29, 1.82) is 0 Å². The molecule has 0 aromatic heterocycles. The topological polar surface area (TPSA) is 96.2 Å². The van der Waals surface area contributed by atoms with E-state index in [9.17, 15) is 20.1 Å². The summed E-state index contributed by atoms with van der Waals surface area (Å²) in [4.78, 5) is 12.0. The second kappa shape index (κ2) is 6.65. The van der Waals surface area contributed by atoms with E-state index in [0.29, 0.717) is 32.3 Å². The number of ether oxygens (including phenoxy) is 2. The predicted molar refractivity (Wildman–Crippen MR) is 65.0 cm³/mol. The Morgan fingerprint density at radius 1 is 1.05 bits per heavy atom. The van der Waals surface area contributed by atoms with Gasteiger partial charge in [0.15, 0.2) is 6.29 Å². The molecular formula is C13H22O6. The molecule has 2 fully saturated rings. The third-order valence-corrected chi connectivity index (χ3v) is 3.88. The Labute approximate surface area is 112 Å². The van der Waals surface area contributed by atoms with Crippen molar-refractivity contribution in [1.82, 2.24) is 0 Å². The first kappa shape index (κ1) is 14.7. The molecule has 5 unspecified atom stereocenters. The van der Waals surface area contributed by atoms with Crippen LogP contribution >= 0.6 is 0 Å². The van der Waals surface area contributed by atoms with Gasteiger partial charge in [-0.25, -0.2) is 0 Å². The summed E-state index contributed by atoms with van der Waals surface area (Å²) in [6.07, 6.45) is 0.155. The summed E-state index contributed by atoms with van der Waals surface area (Å²) in [5.41, 5.74) is 0. The van der Waals surface area contributed by atoms with Gasteiger partial charge in [-0.05, 0) is 32.1 Å². The van der Waals surface area contributed by atoms with Crippen molar-refractivity contribution in [2.24, 2.45) is 5.92 Å². The van der Waals surface area contributed by atoms with Crippen molar-refractivity contribution in [3.63, 3.8) is 0 Å². The molecule has 110 valence electrons. The first-order chi connectivity index (χ1) is 9.09. The smallest absolute Gasteiger partial charge is 0.314 e. The lowest BCUT2D eigenvalue weighted by Gasteiger charge is -2.29. The molecule has 0 aromatic rings. The van der Waals surface area contributed by atoms with Gasteiger partial charge < -0.3 is 24.8 Å². The zero-order valence-corrected chi connectivity index (χ0v) is 10.9. The Bertz CT molecular complexity index is 308. The van der Waals surface area contributed by atoms with Crippen LogP contribution in [-0.4, -0.2) is 52.5 Å². The van der Waals surface area contributed by atoms with E-state index in [1.807, 2.05) is 0 Å². The molecule has 5 atom stereocenters. The summed E-state index contributed by atoms with van der Waals surface area (Å²) >= 11 is 0. The SMILES string of the molecule is O=C(OC1CCCCC(O)C1O)C1CCCOC1O. The van der Waals surface area contributed by atoms with Crippen molar-refractivity contribution in [2.45, 2.75) is 63.1 Å². The molecule has 0 amide bonds. The molecule has 19 heavy (non-hydrogen) atoms. The van der Waals surface area contributed by atoms with E-state index in [-0.39, 0.29) is 0 Å². The number of aliphatic hydroxyl groups is 3. The lowest BCUT2D eigenvalue weighted by molar-refractivity contribution is -0.196. The minimum absolute atomic E-state index is 0.440. The first-order valence-corrected chi connectivity index (χ1v) is 6.96. The zero-order valence-electron chi connectivity index (χ0n) is 10.9. The number of carbonyl (C=O) groups excluding carboxylic acids is 1. The molecule has 1 aliphatic heterocycles. The third-order valence-electron chi connectivity index (χ3n) is 3.88. The fraction of sp³-hybridized carbons (Fsp3) is 0.923. The van der Waals surface area contributed by atoms with Crippen LogP contribution in [0.2, 0.25) is 0 Å². The highest BCUT2D eigenvalue weighted by Gasteiger charge is 2.36. The highest BCUT2D eigenvalue weighted by Crippen LogP contribution is 2.25. The number of hydrogen-bond donors (Lipinski definition) is 3. The summed E-state index contributed by atoms with van der Waals surface area (Å²) in [6.45, 7) is 0.440. The van der Waals surface area contributed by atoms with Crippen LogP contribution < -0.4 is 0 Å². The predicted octanol–water partition coefficient (Wildman–Crippen LogP) is -0.0610. The van der Waals surface area contributed by atoms with Gasteiger partial charge in [0.25, 0.3) is 0 Å². The maximum absolute atomic E-state index is 12.0. The Balaban J connectivity index is 1.93. The van der Waals surface area contributed by atoms with Crippen LogP contribution in [0.1, 0.15) is 38.5 Å². The average molecular weight is 274 g/mol. The molecule has 0 aromatic carbocycles. The minimum Gasteiger partial charge on any atom is -0.459 e. The molecule has 6 heteroatoms. The first-order valence-electron chi connectivity index (χ1n) is 6.96. The monoisotopic (exact) mass is 274 g/mol. The van der Waals surface area contributed by atoms with E-state index < -0.39 is 36.5 Å². The maximum Gasteiger partial charge on any atom is 0.314 e. The largest absolute Gasteiger partial charge is 0.459 e. The van der Waals surface area contributed by atoms with E-state index in [1.54, 1.807) is 0 Å². The number of esters is 1. The summed E-state index contributed by atoms with van der Waals surface area (Å²) < 4.78 is 10.3. The fourth-order valence-corrected chi connectivity index (χ4v) is 2.65. The molecule has 2 rings (SSSR count). The quantitative estimate of drug-likeness (QED) is 0.482. The molecule has 0 bridgehead atoms. The van der Waals surface area contributed by atoms with Crippen molar-refractivity contribution < 1.29 is 29.6 Å². The Morgan fingerprint density at radius 3 is 2.53 bits per heavy atom. The third kappa shape index (κ3) is 3.66.